The molecule has 36 heavy (non-hydrogen) atoms. The van der Waals surface area contributed by atoms with E-state index in [1.165, 1.54) is 38.7 Å². The van der Waals surface area contributed by atoms with Crippen molar-refractivity contribution < 1.29 is 0 Å². The summed E-state index contributed by atoms with van der Waals surface area (Å²) in [5.74, 6) is 1.77. The van der Waals surface area contributed by atoms with Crippen LogP contribution >= 0.6 is 0 Å². The zero-order chi connectivity index (χ0) is 24.0. The number of rotatable bonds is 1. The van der Waals surface area contributed by atoms with E-state index in [0.717, 1.165) is 62.8 Å². The summed E-state index contributed by atoms with van der Waals surface area (Å²) < 4.78 is 0. The topological polar surface area (TPSA) is 83.1 Å². The molecule has 0 radical (unpaired) electrons. The second kappa shape index (κ2) is 6.98. The van der Waals surface area contributed by atoms with Crippen LogP contribution in [0.3, 0.4) is 0 Å². The smallest absolute Gasteiger partial charge is 0.126 e. The number of imidazole rings is 2. The van der Waals surface area contributed by atoms with Crippen LogP contribution in [0.1, 0.15) is 22.9 Å². The Labute approximate surface area is 206 Å². The largest absolute Gasteiger partial charge is 0.346 e. The minimum atomic E-state index is 0.783. The molecule has 0 aliphatic heterocycles. The SMILES string of the molecule is Cc1nc2c3ccc(-c4ccc5c6c(ccc5c4)-c4nc(C)[nH]c4CC6)cc3c3c[nH]ncc3c2n1. The van der Waals surface area contributed by atoms with E-state index in [1.807, 2.05) is 26.2 Å². The van der Waals surface area contributed by atoms with Crippen molar-refractivity contribution in [2.75, 3.05) is 0 Å². The average molecular weight is 467 g/mol. The minimum absolute atomic E-state index is 0.783. The summed E-state index contributed by atoms with van der Waals surface area (Å²) in [5.41, 5.74) is 9.27. The van der Waals surface area contributed by atoms with Crippen LogP contribution in [0.5, 0.6) is 0 Å². The fraction of sp³-hybridized carbons (Fsp3) is 0.133. The second-order valence-electron chi connectivity index (χ2n) is 9.76. The van der Waals surface area contributed by atoms with Gasteiger partial charge in [-0.2, -0.15) is 5.10 Å². The number of fused-ring (bicyclic) bond motifs is 11. The summed E-state index contributed by atoms with van der Waals surface area (Å²) >= 11 is 0. The molecule has 0 bridgehead atoms. The van der Waals surface area contributed by atoms with Crippen LogP contribution in [-0.4, -0.2) is 30.1 Å². The highest BCUT2D eigenvalue weighted by atomic mass is 15.1. The first-order chi connectivity index (χ1) is 17.6. The molecule has 7 aromatic rings. The first-order valence-electron chi connectivity index (χ1n) is 12.3. The van der Waals surface area contributed by atoms with Gasteiger partial charge in [-0.1, -0.05) is 36.4 Å². The molecule has 0 saturated carbocycles. The maximum absolute atomic E-state index is 4.77. The molecule has 6 heteroatoms. The third-order valence-electron chi connectivity index (χ3n) is 7.60. The van der Waals surface area contributed by atoms with Gasteiger partial charge in [0.15, 0.2) is 0 Å². The number of aromatic nitrogens is 6. The van der Waals surface area contributed by atoms with Crippen molar-refractivity contribution in [3.8, 4) is 22.4 Å². The highest BCUT2D eigenvalue weighted by molar-refractivity contribution is 6.23. The van der Waals surface area contributed by atoms with E-state index in [4.69, 9.17) is 9.97 Å². The predicted molar refractivity (Wildman–Crippen MR) is 144 cm³/mol. The van der Waals surface area contributed by atoms with Gasteiger partial charge in [0.25, 0.3) is 0 Å². The molecule has 0 unspecified atom stereocenters. The van der Waals surface area contributed by atoms with E-state index in [-0.39, 0.29) is 0 Å². The normalized spacial score (nSPS) is 13.1. The number of aromatic amines is 2. The van der Waals surface area contributed by atoms with Crippen LogP contribution in [0.25, 0.3) is 65.7 Å². The lowest BCUT2D eigenvalue weighted by atomic mass is 9.87. The van der Waals surface area contributed by atoms with E-state index in [9.17, 15) is 0 Å². The molecule has 8 rings (SSSR count). The Balaban J connectivity index is 1.32. The fourth-order valence-corrected chi connectivity index (χ4v) is 6.01. The quantitative estimate of drug-likeness (QED) is 0.268. The van der Waals surface area contributed by atoms with Crippen LogP contribution in [0.2, 0.25) is 0 Å². The van der Waals surface area contributed by atoms with Gasteiger partial charge < -0.3 is 4.98 Å². The van der Waals surface area contributed by atoms with E-state index < -0.39 is 0 Å². The lowest BCUT2D eigenvalue weighted by Crippen LogP contribution is -2.04. The number of aryl methyl sites for hydroxylation is 4. The molecular weight excluding hydrogens is 444 g/mol. The molecule has 6 nitrogen and oxygen atoms in total. The van der Waals surface area contributed by atoms with Gasteiger partial charge in [-0.05, 0) is 71.7 Å². The van der Waals surface area contributed by atoms with Crippen LogP contribution in [-0.2, 0) is 12.8 Å². The fourth-order valence-electron chi connectivity index (χ4n) is 6.01. The van der Waals surface area contributed by atoms with Gasteiger partial charge in [0.05, 0.1) is 17.4 Å². The molecule has 2 N–H and O–H groups in total. The maximum atomic E-state index is 4.77. The number of hydrogen-bond donors (Lipinski definition) is 2. The Kier molecular flexibility index (Phi) is 3.82. The molecule has 0 saturated heterocycles. The first kappa shape index (κ1) is 19.7. The zero-order valence-corrected chi connectivity index (χ0v) is 20.0. The molecule has 0 atom stereocenters. The lowest BCUT2D eigenvalue weighted by molar-refractivity contribution is 0.912. The molecule has 172 valence electrons. The van der Waals surface area contributed by atoms with Crippen molar-refractivity contribution in [3.63, 3.8) is 0 Å². The molecule has 3 aromatic heterocycles. The maximum Gasteiger partial charge on any atom is 0.126 e. The van der Waals surface area contributed by atoms with Crippen LogP contribution < -0.4 is 0 Å². The predicted octanol–water partition coefficient (Wildman–Crippen LogP) is 6.59. The zero-order valence-electron chi connectivity index (χ0n) is 20.0. The summed E-state index contributed by atoms with van der Waals surface area (Å²) in [6, 6.07) is 18.0. The van der Waals surface area contributed by atoms with Gasteiger partial charge in [-0.3, -0.25) is 5.10 Å². The molecule has 0 amide bonds. The summed E-state index contributed by atoms with van der Waals surface area (Å²) in [7, 11) is 0. The van der Waals surface area contributed by atoms with Crippen molar-refractivity contribution in [1.82, 2.24) is 30.1 Å². The van der Waals surface area contributed by atoms with Crippen LogP contribution in [0.15, 0.2) is 60.9 Å². The van der Waals surface area contributed by atoms with Gasteiger partial charge in [0.1, 0.15) is 17.2 Å². The van der Waals surface area contributed by atoms with Crippen molar-refractivity contribution in [1.29, 1.82) is 0 Å². The monoisotopic (exact) mass is 466 g/mol. The minimum Gasteiger partial charge on any atom is -0.346 e. The Bertz CT molecular complexity index is 2030. The summed E-state index contributed by atoms with van der Waals surface area (Å²) in [6.07, 6.45) is 5.85. The average Bonchev–Trinajstić information content (AvgIpc) is 3.49. The van der Waals surface area contributed by atoms with E-state index in [0.29, 0.717) is 0 Å². The molecule has 1 aliphatic carbocycles. The number of H-pyrrole nitrogens is 2. The van der Waals surface area contributed by atoms with Gasteiger partial charge in [-0.25, -0.2) is 15.0 Å². The highest BCUT2D eigenvalue weighted by Gasteiger charge is 2.21. The number of benzene rings is 4. The molecular formula is C30H22N6. The Hall–Kier alpha value is -4.58. The summed E-state index contributed by atoms with van der Waals surface area (Å²) in [6.45, 7) is 3.97. The Morgan fingerprint density at radius 3 is 2.42 bits per heavy atom. The highest BCUT2D eigenvalue weighted by Crippen LogP contribution is 2.39. The number of nitrogens with one attached hydrogen (secondary N) is 2. The number of hydrogen-bond acceptors (Lipinski definition) is 4. The third kappa shape index (κ3) is 2.67. The van der Waals surface area contributed by atoms with Crippen molar-refractivity contribution >= 4 is 43.4 Å². The van der Waals surface area contributed by atoms with E-state index >= 15 is 0 Å². The Morgan fingerprint density at radius 2 is 1.53 bits per heavy atom. The van der Waals surface area contributed by atoms with Gasteiger partial charge in [0, 0.05) is 33.6 Å². The second-order valence-corrected chi connectivity index (χ2v) is 9.76. The van der Waals surface area contributed by atoms with Crippen LogP contribution in [0.4, 0.5) is 0 Å². The van der Waals surface area contributed by atoms with Crippen LogP contribution in [0, 0.1) is 13.8 Å². The molecule has 4 aromatic carbocycles. The van der Waals surface area contributed by atoms with Gasteiger partial charge >= 0.3 is 0 Å². The van der Waals surface area contributed by atoms with Gasteiger partial charge in [-0.15, -0.1) is 0 Å². The lowest BCUT2D eigenvalue weighted by Gasteiger charge is -2.18. The summed E-state index contributed by atoms with van der Waals surface area (Å²) in [5, 5.41) is 14.2. The Morgan fingerprint density at radius 1 is 0.722 bits per heavy atom. The van der Waals surface area contributed by atoms with Crippen molar-refractivity contribution in [2.24, 2.45) is 0 Å². The van der Waals surface area contributed by atoms with Gasteiger partial charge in [0.2, 0.25) is 0 Å². The van der Waals surface area contributed by atoms with E-state index in [1.54, 1.807) is 0 Å². The number of nitrogens with zero attached hydrogens (tertiary/aromatic N) is 4. The molecule has 1 aliphatic rings. The third-order valence-corrected chi connectivity index (χ3v) is 7.60. The van der Waals surface area contributed by atoms with E-state index in [2.05, 4.69) is 68.7 Å². The standard InChI is InChI=1S/C30H22N6/c1-15-33-27-10-9-21-20-6-3-17(11-19(20)5-8-22(21)28(27)34-15)18-4-7-23-24(12-18)25-13-31-32-14-26(25)30-29(23)35-16(2)36-30/h3-8,11-14,31H,9-10H2,1-2H3,(H,33,34). The molecule has 0 spiro atoms. The summed E-state index contributed by atoms with van der Waals surface area (Å²) in [4.78, 5) is 17.6. The van der Waals surface area contributed by atoms with Crippen molar-refractivity contribution in [2.45, 2.75) is 26.7 Å². The first-order valence-corrected chi connectivity index (χ1v) is 12.3. The molecule has 0 fully saturated rings. The molecule has 3 heterocycles. The van der Waals surface area contributed by atoms with Crippen molar-refractivity contribution in [3.05, 3.63) is 83.8 Å².